The molecule has 1 aromatic carbocycles. The van der Waals surface area contributed by atoms with E-state index in [9.17, 15) is 14.8 Å². The van der Waals surface area contributed by atoms with Crippen LogP contribution in [0.25, 0.3) is 5.57 Å². The molecule has 1 spiro atoms. The molecular formula is C21H22N3O5+. The van der Waals surface area contributed by atoms with Gasteiger partial charge in [-0.2, -0.15) is 0 Å². The van der Waals surface area contributed by atoms with Crippen LogP contribution in [0.15, 0.2) is 18.2 Å². The van der Waals surface area contributed by atoms with E-state index in [1.165, 1.54) is 4.74 Å². The van der Waals surface area contributed by atoms with Crippen molar-refractivity contribution < 1.29 is 29.0 Å². The Bertz CT molecular complexity index is 1070. The van der Waals surface area contributed by atoms with Crippen LogP contribution < -0.4 is 14.8 Å². The Hall–Kier alpha value is -3.03. The van der Waals surface area contributed by atoms with Crippen LogP contribution in [0.5, 0.6) is 11.5 Å². The summed E-state index contributed by atoms with van der Waals surface area (Å²) in [5.41, 5.74) is 1.16. The zero-order valence-corrected chi connectivity index (χ0v) is 16.3. The van der Waals surface area contributed by atoms with Gasteiger partial charge < -0.3 is 19.7 Å². The van der Waals surface area contributed by atoms with Gasteiger partial charge in [0.05, 0.1) is 22.6 Å². The van der Waals surface area contributed by atoms with E-state index in [0.29, 0.717) is 42.3 Å². The van der Waals surface area contributed by atoms with Gasteiger partial charge in [0.2, 0.25) is 18.4 Å². The van der Waals surface area contributed by atoms with E-state index < -0.39 is 11.0 Å². The molecule has 1 aliphatic carbocycles. The molecule has 29 heavy (non-hydrogen) atoms. The molecule has 0 radical (unpaired) electrons. The third-order valence-electron chi connectivity index (χ3n) is 6.77. The molecule has 8 heteroatoms. The minimum absolute atomic E-state index is 0.0575. The fourth-order valence-corrected chi connectivity index (χ4v) is 5.67. The summed E-state index contributed by atoms with van der Waals surface area (Å²) in [5, 5.41) is 14.0. The van der Waals surface area contributed by atoms with E-state index in [1.54, 1.807) is 11.0 Å². The summed E-state index contributed by atoms with van der Waals surface area (Å²) < 4.78 is 12.2. The lowest BCUT2D eigenvalue weighted by Gasteiger charge is -2.46. The lowest BCUT2D eigenvalue weighted by Crippen LogP contribution is -2.70. The van der Waals surface area contributed by atoms with Crippen molar-refractivity contribution in [2.45, 2.75) is 44.7 Å². The van der Waals surface area contributed by atoms with Crippen LogP contribution in [0.3, 0.4) is 0 Å². The molecule has 0 bridgehead atoms. The number of amides is 2. The van der Waals surface area contributed by atoms with Gasteiger partial charge in [-0.25, -0.2) is 0 Å². The van der Waals surface area contributed by atoms with Crippen molar-refractivity contribution in [3.05, 3.63) is 23.8 Å². The summed E-state index contributed by atoms with van der Waals surface area (Å²) in [6, 6.07) is 3.23. The van der Waals surface area contributed by atoms with Crippen LogP contribution in [0.1, 0.15) is 38.7 Å². The highest BCUT2D eigenvalue weighted by atomic mass is 16.7. The number of carbonyl (C=O) groups is 2. The topological polar surface area (TPSA) is 91.1 Å². The average Bonchev–Trinajstić information content (AvgIpc) is 3.37. The quantitative estimate of drug-likeness (QED) is 0.513. The van der Waals surface area contributed by atoms with E-state index in [2.05, 4.69) is 5.32 Å². The molecule has 2 N–H and O–H groups in total. The summed E-state index contributed by atoms with van der Waals surface area (Å²) in [7, 11) is 0. The van der Waals surface area contributed by atoms with Crippen LogP contribution in [0, 0.1) is 5.41 Å². The van der Waals surface area contributed by atoms with Crippen molar-refractivity contribution >= 4 is 28.8 Å². The van der Waals surface area contributed by atoms with Gasteiger partial charge in [-0.15, -0.1) is 0 Å². The van der Waals surface area contributed by atoms with Crippen LogP contribution in [-0.2, 0) is 9.59 Å². The minimum Gasteiger partial charge on any atom is -0.454 e. The number of benzene rings is 1. The molecule has 2 amide bonds. The molecule has 4 aliphatic heterocycles. The Kier molecular flexibility index (Phi) is 2.98. The van der Waals surface area contributed by atoms with E-state index in [0.717, 1.165) is 17.6 Å². The second-order valence-electron chi connectivity index (χ2n) is 9.12. The summed E-state index contributed by atoms with van der Waals surface area (Å²) in [4.78, 5) is 28.1. The second kappa shape index (κ2) is 5.11. The molecule has 8 nitrogen and oxygen atoms in total. The van der Waals surface area contributed by atoms with Gasteiger partial charge in [-0.1, -0.05) is 0 Å². The van der Waals surface area contributed by atoms with E-state index >= 15 is 0 Å². The normalized spacial score (nSPS) is 30.9. The number of hydrogen-bond donors (Lipinski definition) is 2. The predicted octanol–water partition coefficient (Wildman–Crippen LogP) is 1.58. The first-order valence-corrected chi connectivity index (χ1v) is 9.98. The van der Waals surface area contributed by atoms with Gasteiger partial charge in [0, 0.05) is 11.3 Å². The molecule has 5 aliphatic rings. The number of rotatable bonds is 0. The summed E-state index contributed by atoms with van der Waals surface area (Å²) in [6.07, 6.45) is 3.76. The van der Waals surface area contributed by atoms with Crippen LogP contribution >= 0.6 is 0 Å². The van der Waals surface area contributed by atoms with Crippen LogP contribution in [0.2, 0.25) is 0 Å². The number of piperazine rings is 1. The van der Waals surface area contributed by atoms with Crippen molar-refractivity contribution in [2.75, 3.05) is 13.3 Å². The van der Waals surface area contributed by atoms with Crippen molar-refractivity contribution in [3.8, 4) is 11.5 Å². The molecule has 2 fully saturated rings. The van der Waals surface area contributed by atoms with Gasteiger partial charge in [0.15, 0.2) is 11.5 Å². The first kappa shape index (κ1) is 16.9. The van der Waals surface area contributed by atoms with E-state index in [-0.39, 0.29) is 24.6 Å². The monoisotopic (exact) mass is 396 g/mol. The molecule has 0 aromatic heterocycles. The zero-order chi connectivity index (χ0) is 20.1. The van der Waals surface area contributed by atoms with Crippen molar-refractivity contribution in [1.29, 1.82) is 0 Å². The van der Waals surface area contributed by atoms with Crippen molar-refractivity contribution in [2.24, 2.45) is 5.41 Å². The molecule has 2 saturated heterocycles. The maximum Gasteiger partial charge on any atom is 0.269 e. The molecule has 0 unspecified atom stereocenters. The SMILES string of the molecule is CC1(C)C[C@@]2(C=C3C1=[N+](O)c1cc4c(cc13)OCO4)NC(=O)[C@@H]1CCCN1C2=O. The Morgan fingerprint density at radius 2 is 2.00 bits per heavy atom. The first-order chi connectivity index (χ1) is 13.8. The highest BCUT2D eigenvalue weighted by molar-refractivity contribution is 6.29. The standard InChI is InChI=1S/C21H21N3O5/c1-20(2)9-21(19(26)23-5-3-4-13(23)18(25)22-21)8-12-11-6-15-16(29-10-28-15)7-14(11)24(27)17(12)20/h6-8,13H,3-5,9-10H2,1-2H3,(H-,22,25,27)/p+1/t13-,21+/m0/s1. The fourth-order valence-electron chi connectivity index (χ4n) is 5.67. The van der Waals surface area contributed by atoms with Gasteiger partial charge in [-0.05, 0) is 45.3 Å². The average molecular weight is 396 g/mol. The highest BCUT2D eigenvalue weighted by Gasteiger charge is 2.60. The van der Waals surface area contributed by atoms with Gasteiger partial charge in [0.25, 0.3) is 11.6 Å². The predicted molar refractivity (Wildman–Crippen MR) is 101 cm³/mol. The molecule has 2 atom stereocenters. The number of hydrogen-bond acceptors (Lipinski definition) is 5. The molecule has 4 heterocycles. The number of carbonyl (C=O) groups excluding carboxylic acids is 2. The Morgan fingerprint density at radius 1 is 1.24 bits per heavy atom. The van der Waals surface area contributed by atoms with Gasteiger partial charge in [-0.3, -0.25) is 14.8 Å². The van der Waals surface area contributed by atoms with Crippen molar-refractivity contribution in [1.82, 2.24) is 10.2 Å². The largest absolute Gasteiger partial charge is 0.454 e. The lowest BCUT2D eigenvalue weighted by atomic mass is 9.66. The van der Waals surface area contributed by atoms with Gasteiger partial charge >= 0.3 is 0 Å². The van der Waals surface area contributed by atoms with Gasteiger partial charge in [0.1, 0.15) is 11.6 Å². The summed E-state index contributed by atoms with van der Waals surface area (Å²) in [5.74, 6) is 1.04. The number of nitrogens with zero attached hydrogens (tertiary/aromatic N) is 2. The summed E-state index contributed by atoms with van der Waals surface area (Å²) >= 11 is 0. The molecule has 0 saturated carbocycles. The number of nitrogens with one attached hydrogen (secondary N) is 1. The Balaban J connectivity index is 1.56. The van der Waals surface area contributed by atoms with E-state index in [1.807, 2.05) is 26.0 Å². The maximum atomic E-state index is 13.5. The smallest absolute Gasteiger partial charge is 0.269 e. The molecule has 6 rings (SSSR count). The number of allylic oxidation sites excluding steroid dienone is 1. The van der Waals surface area contributed by atoms with E-state index in [4.69, 9.17) is 9.47 Å². The Morgan fingerprint density at radius 3 is 2.79 bits per heavy atom. The lowest BCUT2D eigenvalue weighted by molar-refractivity contribution is -0.712. The highest BCUT2D eigenvalue weighted by Crippen LogP contribution is 2.52. The molecular weight excluding hydrogens is 374 g/mol. The fraction of sp³-hybridized carbons (Fsp3) is 0.476. The maximum absolute atomic E-state index is 13.5. The van der Waals surface area contributed by atoms with Crippen LogP contribution in [0.4, 0.5) is 5.69 Å². The third kappa shape index (κ3) is 2.01. The second-order valence-corrected chi connectivity index (χ2v) is 9.12. The molecule has 1 aromatic rings. The zero-order valence-electron chi connectivity index (χ0n) is 16.3. The number of ether oxygens (including phenoxy) is 2. The first-order valence-electron chi connectivity index (χ1n) is 9.98. The molecule has 150 valence electrons. The van der Waals surface area contributed by atoms with Crippen molar-refractivity contribution in [3.63, 3.8) is 0 Å². The third-order valence-corrected chi connectivity index (χ3v) is 6.77. The Labute approximate surface area is 167 Å². The minimum atomic E-state index is -1.11. The van der Waals surface area contributed by atoms with Crippen LogP contribution in [-0.4, -0.2) is 57.3 Å². The number of fused-ring (bicyclic) bond motifs is 5. The summed E-state index contributed by atoms with van der Waals surface area (Å²) in [6.45, 7) is 4.73.